The van der Waals surface area contributed by atoms with Crippen LogP contribution in [-0.4, -0.2) is 39.0 Å². The average Bonchev–Trinajstić information content (AvgIpc) is 2.67. The zero-order valence-electron chi connectivity index (χ0n) is 19.0. The first-order valence-electron chi connectivity index (χ1n) is 11.8. The molecule has 166 valence electrons. The van der Waals surface area contributed by atoms with Gasteiger partial charge in [0.25, 0.3) is 0 Å². The van der Waals surface area contributed by atoms with Gasteiger partial charge in [-0.2, -0.15) is 0 Å². The van der Waals surface area contributed by atoms with Crippen LogP contribution in [0.3, 0.4) is 0 Å². The molecular weight excluding hydrogens is 352 g/mol. The topological polar surface area (TPSA) is 44.8 Å². The minimum absolute atomic E-state index is 0.0226. The molecule has 0 aromatic heterocycles. The number of carbonyl (C=O) groups excluding carboxylic acids is 1. The molecule has 1 saturated carbocycles. The summed E-state index contributed by atoms with van der Waals surface area (Å²) in [4.78, 5) is 12.2. The molecule has 1 fully saturated rings. The Morgan fingerprint density at radius 2 is 1.50 bits per heavy atom. The van der Waals surface area contributed by atoms with Crippen molar-refractivity contribution in [2.45, 2.75) is 91.9 Å². The van der Waals surface area contributed by atoms with Crippen molar-refractivity contribution in [1.29, 1.82) is 0 Å². The largest absolute Gasteiger partial charge is 0.463 e. The number of ether oxygens (including phenoxy) is 3. The van der Waals surface area contributed by atoms with Crippen LogP contribution in [0, 0.1) is 23.7 Å². The first kappa shape index (κ1) is 25.4. The standard InChI is InChI=1S/C24H46O4/c1-5-26-16-17-27-18-19-28-24(25)23-14-12-22(13-15-23)11-7-10-21(4)9-6-8-20(2)3/h20-23H,5-19H2,1-4H3. The van der Waals surface area contributed by atoms with Gasteiger partial charge in [-0.05, 0) is 50.4 Å². The van der Waals surface area contributed by atoms with Crippen LogP contribution in [0.25, 0.3) is 0 Å². The van der Waals surface area contributed by atoms with E-state index >= 15 is 0 Å². The quantitative estimate of drug-likeness (QED) is 0.235. The van der Waals surface area contributed by atoms with Crippen LogP contribution in [0.2, 0.25) is 0 Å². The first-order valence-corrected chi connectivity index (χ1v) is 11.8. The normalized spacial score (nSPS) is 21.0. The van der Waals surface area contributed by atoms with E-state index in [1.165, 1.54) is 51.4 Å². The molecule has 1 aliphatic rings. The van der Waals surface area contributed by atoms with Gasteiger partial charge in [-0.15, -0.1) is 0 Å². The van der Waals surface area contributed by atoms with Crippen molar-refractivity contribution in [3.8, 4) is 0 Å². The minimum Gasteiger partial charge on any atom is -0.463 e. The number of hydrogen-bond donors (Lipinski definition) is 0. The van der Waals surface area contributed by atoms with E-state index in [1.54, 1.807) is 0 Å². The Hall–Kier alpha value is -0.610. The number of hydrogen-bond acceptors (Lipinski definition) is 4. The van der Waals surface area contributed by atoms with Crippen molar-refractivity contribution in [3.63, 3.8) is 0 Å². The van der Waals surface area contributed by atoms with Crippen molar-refractivity contribution in [2.24, 2.45) is 23.7 Å². The second kappa shape index (κ2) is 16.2. The zero-order valence-corrected chi connectivity index (χ0v) is 19.0. The van der Waals surface area contributed by atoms with Crippen LogP contribution in [0.4, 0.5) is 0 Å². The lowest BCUT2D eigenvalue weighted by Gasteiger charge is -2.27. The van der Waals surface area contributed by atoms with E-state index in [2.05, 4.69) is 20.8 Å². The zero-order chi connectivity index (χ0) is 20.6. The van der Waals surface area contributed by atoms with Crippen molar-refractivity contribution in [3.05, 3.63) is 0 Å². The molecule has 0 N–H and O–H groups in total. The predicted octanol–water partition coefficient (Wildman–Crippen LogP) is 6.02. The molecule has 1 aliphatic carbocycles. The van der Waals surface area contributed by atoms with Gasteiger partial charge in [0.15, 0.2) is 0 Å². The van der Waals surface area contributed by atoms with Gasteiger partial charge in [-0.1, -0.05) is 59.3 Å². The van der Waals surface area contributed by atoms with Gasteiger partial charge < -0.3 is 14.2 Å². The third-order valence-corrected chi connectivity index (χ3v) is 6.02. The monoisotopic (exact) mass is 398 g/mol. The second-order valence-electron chi connectivity index (χ2n) is 9.06. The number of rotatable bonds is 16. The smallest absolute Gasteiger partial charge is 0.309 e. The Bertz CT molecular complexity index is 375. The molecule has 0 radical (unpaired) electrons. The van der Waals surface area contributed by atoms with Crippen LogP contribution >= 0.6 is 0 Å². The third kappa shape index (κ3) is 12.8. The predicted molar refractivity (Wildman–Crippen MR) is 115 cm³/mol. The summed E-state index contributed by atoms with van der Waals surface area (Å²) in [5.41, 5.74) is 0. The summed E-state index contributed by atoms with van der Waals surface area (Å²) in [6.45, 7) is 11.7. The van der Waals surface area contributed by atoms with Crippen LogP contribution in [0.5, 0.6) is 0 Å². The number of carbonyl (C=O) groups is 1. The minimum atomic E-state index is -0.0226. The van der Waals surface area contributed by atoms with E-state index in [-0.39, 0.29) is 11.9 Å². The van der Waals surface area contributed by atoms with Gasteiger partial charge in [0.2, 0.25) is 0 Å². The number of esters is 1. The van der Waals surface area contributed by atoms with Crippen LogP contribution in [0.1, 0.15) is 91.9 Å². The Kier molecular flexibility index (Phi) is 14.7. The summed E-state index contributed by atoms with van der Waals surface area (Å²) in [6, 6.07) is 0. The summed E-state index contributed by atoms with van der Waals surface area (Å²) >= 11 is 0. The molecule has 0 aromatic carbocycles. The van der Waals surface area contributed by atoms with Gasteiger partial charge in [-0.3, -0.25) is 4.79 Å². The van der Waals surface area contributed by atoms with Crippen LogP contribution in [0.15, 0.2) is 0 Å². The Balaban J connectivity index is 2.01. The highest BCUT2D eigenvalue weighted by atomic mass is 16.6. The van der Waals surface area contributed by atoms with Crippen LogP contribution < -0.4 is 0 Å². The fourth-order valence-electron chi connectivity index (χ4n) is 4.14. The highest BCUT2D eigenvalue weighted by Crippen LogP contribution is 2.33. The van der Waals surface area contributed by atoms with Gasteiger partial charge in [0, 0.05) is 6.61 Å². The van der Waals surface area contributed by atoms with E-state index in [4.69, 9.17) is 14.2 Å². The molecule has 1 atom stereocenters. The molecule has 0 saturated heterocycles. The fraction of sp³-hybridized carbons (Fsp3) is 0.958. The average molecular weight is 399 g/mol. The van der Waals surface area contributed by atoms with Gasteiger partial charge in [0.05, 0.1) is 25.7 Å². The molecule has 0 amide bonds. The van der Waals surface area contributed by atoms with Crippen molar-refractivity contribution >= 4 is 5.97 Å². The van der Waals surface area contributed by atoms with Crippen molar-refractivity contribution in [1.82, 2.24) is 0 Å². The highest BCUT2D eigenvalue weighted by Gasteiger charge is 2.27. The maximum Gasteiger partial charge on any atom is 0.309 e. The molecule has 1 unspecified atom stereocenters. The first-order chi connectivity index (χ1) is 13.5. The molecule has 0 aliphatic heterocycles. The Morgan fingerprint density at radius 1 is 0.857 bits per heavy atom. The molecule has 0 bridgehead atoms. The SMILES string of the molecule is CCOCCOCCOC(=O)C1CCC(CCCC(C)CCCC(C)C)CC1. The molecular formula is C24H46O4. The van der Waals surface area contributed by atoms with E-state index in [0.29, 0.717) is 33.0 Å². The van der Waals surface area contributed by atoms with Gasteiger partial charge >= 0.3 is 5.97 Å². The van der Waals surface area contributed by atoms with Crippen LogP contribution in [-0.2, 0) is 19.0 Å². The Labute approximate surface area is 174 Å². The van der Waals surface area contributed by atoms with E-state index in [9.17, 15) is 4.79 Å². The fourth-order valence-corrected chi connectivity index (χ4v) is 4.14. The summed E-state index contributed by atoms with van der Waals surface area (Å²) in [7, 11) is 0. The van der Waals surface area contributed by atoms with E-state index < -0.39 is 0 Å². The molecule has 4 nitrogen and oxygen atoms in total. The summed E-state index contributed by atoms with van der Waals surface area (Å²) in [5, 5.41) is 0. The lowest BCUT2D eigenvalue weighted by atomic mass is 9.79. The maximum absolute atomic E-state index is 12.2. The molecule has 0 aromatic rings. The molecule has 4 heteroatoms. The summed E-state index contributed by atoms with van der Waals surface area (Å²) in [6.07, 6.45) is 12.5. The molecule has 0 heterocycles. The molecule has 1 rings (SSSR count). The highest BCUT2D eigenvalue weighted by molar-refractivity contribution is 5.72. The molecule has 28 heavy (non-hydrogen) atoms. The Morgan fingerprint density at radius 3 is 2.18 bits per heavy atom. The summed E-state index contributed by atoms with van der Waals surface area (Å²) < 4.78 is 16.0. The molecule has 0 spiro atoms. The lowest BCUT2D eigenvalue weighted by Crippen LogP contribution is -2.25. The maximum atomic E-state index is 12.2. The van der Waals surface area contributed by atoms with Crippen molar-refractivity contribution in [2.75, 3.05) is 33.0 Å². The lowest BCUT2D eigenvalue weighted by molar-refractivity contribution is -0.151. The van der Waals surface area contributed by atoms with Crippen molar-refractivity contribution < 1.29 is 19.0 Å². The summed E-state index contributed by atoms with van der Waals surface area (Å²) in [5.74, 6) is 2.59. The second-order valence-corrected chi connectivity index (χ2v) is 9.06. The van der Waals surface area contributed by atoms with E-state index in [0.717, 1.165) is 30.6 Å². The van der Waals surface area contributed by atoms with E-state index in [1.807, 2.05) is 6.92 Å². The van der Waals surface area contributed by atoms with Gasteiger partial charge in [0.1, 0.15) is 6.61 Å². The van der Waals surface area contributed by atoms with Gasteiger partial charge in [-0.25, -0.2) is 0 Å². The third-order valence-electron chi connectivity index (χ3n) is 6.02.